The summed E-state index contributed by atoms with van der Waals surface area (Å²) in [5, 5.41) is 5.34. The summed E-state index contributed by atoms with van der Waals surface area (Å²) in [6.07, 6.45) is 8.00. The number of carbonyl (C=O) groups excluding carboxylic acids is 2. The highest BCUT2D eigenvalue weighted by Gasteiger charge is 2.26. The average molecular weight is 420 g/mol. The zero-order valence-corrected chi connectivity index (χ0v) is 19.1. The Morgan fingerprint density at radius 2 is 1.75 bits per heavy atom. The van der Waals surface area contributed by atoms with Gasteiger partial charge in [0, 0.05) is 18.9 Å². The fourth-order valence-corrected chi connectivity index (χ4v) is 5.29. The van der Waals surface area contributed by atoms with Gasteiger partial charge in [-0.25, -0.2) is 0 Å². The van der Waals surface area contributed by atoms with Crippen molar-refractivity contribution in [3.8, 4) is 0 Å². The van der Waals surface area contributed by atoms with E-state index in [0.29, 0.717) is 25.0 Å². The number of hydrogen-bond acceptors (Lipinski definition) is 4. The minimum absolute atomic E-state index is 0.0641. The van der Waals surface area contributed by atoms with E-state index in [9.17, 15) is 19.0 Å². The molecule has 166 valence electrons. The normalized spacial score (nSPS) is 17.8. The highest BCUT2D eigenvalue weighted by Crippen LogP contribution is 2.45. The lowest BCUT2D eigenvalue weighted by atomic mass is 9.91. The van der Waals surface area contributed by atoms with Gasteiger partial charge in [-0.3, -0.25) is 14.2 Å². The summed E-state index contributed by atoms with van der Waals surface area (Å²) in [5.41, 5.74) is 5.26. The summed E-state index contributed by atoms with van der Waals surface area (Å²) in [6.45, 7) is 8.10. The van der Waals surface area contributed by atoms with Gasteiger partial charge in [0.25, 0.3) is 0 Å². The molecule has 8 heteroatoms. The molecule has 0 radical (unpaired) electrons. The Bertz CT molecular complexity index is 494. The van der Waals surface area contributed by atoms with Crippen LogP contribution in [0.5, 0.6) is 0 Å². The predicted octanol–water partition coefficient (Wildman–Crippen LogP) is 2.86. The molecule has 0 aliphatic heterocycles. The third-order valence-corrected chi connectivity index (χ3v) is 6.80. The molecule has 0 aromatic rings. The maximum atomic E-state index is 12.3. The predicted molar refractivity (Wildman–Crippen MR) is 116 cm³/mol. The van der Waals surface area contributed by atoms with Crippen molar-refractivity contribution >= 4 is 19.2 Å². The van der Waals surface area contributed by atoms with Crippen molar-refractivity contribution in [1.29, 1.82) is 0 Å². The zero-order valence-electron chi connectivity index (χ0n) is 18.2. The van der Waals surface area contributed by atoms with E-state index in [1.54, 1.807) is 0 Å². The lowest BCUT2D eigenvalue weighted by Gasteiger charge is -2.24. The smallest absolute Gasteiger partial charge is 0.242 e. The van der Waals surface area contributed by atoms with Crippen LogP contribution >= 0.6 is 7.37 Å². The zero-order chi connectivity index (χ0) is 21.6. The Morgan fingerprint density at radius 1 is 1.18 bits per heavy atom. The molecule has 28 heavy (non-hydrogen) atoms. The first-order chi connectivity index (χ1) is 13.2. The van der Waals surface area contributed by atoms with Gasteiger partial charge < -0.3 is 21.3 Å². The molecule has 0 heterocycles. The van der Waals surface area contributed by atoms with Crippen LogP contribution < -0.4 is 16.4 Å². The van der Waals surface area contributed by atoms with Crippen molar-refractivity contribution in [3.05, 3.63) is 0 Å². The highest BCUT2D eigenvalue weighted by molar-refractivity contribution is 7.58. The van der Waals surface area contributed by atoms with E-state index >= 15 is 0 Å². The molecule has 2 amide bonds. The van der Waals surface area contributed by atoms with Crippen LogP contribution in [-0.4, -0.2) is 48.2 Å². The van der Waals surface area contributed by atoms with Crippen molar-refractivity contribution in [2.45, 2.75) is 78.7 Å². The quantitative estimate of drug-likeness (QED) is 0.320. The van der Waals surface area contributed by atoms with Crippen molar-refractivity contribution in [2.24, 2.45) is 17.6 Å². The second-order valence-corrected chi connectivity index (χ2v) is 10.6. The second kappa shape index (κ2) is 15.0. The fraction of sp³-hybridized carbons (Fsp3) is 0.900. The molecular formula is C20H42N3O4P. The first-order valence-electron chi connectivity index (χ1n) is 10.7. The molecule has 2 atom stereocenters. The molecule has 0 saturated heterocycles. The van der Waals surface area contributed by atoms with E-state index in [4.69, 9.17) is 5.73 Å². The Hall–Kier alpha value is -0.910. The molecule has 0 spiro atoms. The lowest BCUT2D eigenvalue weighted by molar-refractivity contribution is -0.129. The van der Waals surface area contributed by atoms with Crippen LogP contribution in [0.2, 0.25) is 0 Å². The second-order valence-electron chi connectivity index (χ2n) is 8.10. The summed E-state index contributed by atoms with van der Waals surface area (Å²) < 4.78 is 12.3. The van der Waals surface area contributed by atoms with Crippen molar-refractivity contribution in [1.82, 2.24) is 10.6 Å². The van der Waals surface area contributed by atoms with Crippen molar-refractivity contribution in [2.75, 3.05) is 25.4 Å². The standard InChI is InChI=1S/C17H34N3O4P.C3H8/c1-13(2)16(20-15(21)11-18)17(22)19-9-6-10-25(23,24)12-14-7-4-3-5-8-14;1-3-2/h13-14,16H,3-12,18H2,1-2H3,(H,19,22)(H,20,21)(H,23,24);3H2,1-2H3. The number of nitrogens with two attached hydrogens (primary N) is 1. The Kier molecular flexibility index (Phi) is 14.5. The molecule has 1 rings (SSSR count). The van der Waals surface area contributed by atoms with E-state index in [2.05, 4.69) is 24.5 Å². The number of amides is 2. The molecule has 0 aromatic heterocycles. The van der Waals surface area contributed by atoms with Crippen LogP contribution in [0.4, 0.5) is 0 Å². The molecule has 2 unspecified atom stereocenters. The lowest BCUT2D eigenvalue weighted by Crippen LogP contribution is -2.51. The maximum Gasteiger partial charge on any atom is 0.242 e. The number of nitrogens with one attached hydrogen (secondary N) is 2. The van der Waals surface area contributed by atoms with E-state index in [1.807, 2.05) is 13.8 Å². The van der Waals surface area contributed by atoms with Gasteiger partial charge >= 0.3 is 0 Å². The molecule has 0 bridgehead atoms. The Balaban J connectivity index is 0.00000227. The van der Waals surface area contributed by atoms with Crippen LogP contribution in [0.15, 0.2) is 0 Å². The van der Waals surface area contributed by atoms with Gasteiger partial charge in [-0.05, 0) is 31.1 Å². The molecule has 7 nitrogen and oxygen atoms in total. The third kappa shape index (κ3) is 12.5. The van der Waals surface area contributed by atoms with Gasteiger partial charge in [0.15, 0.2) is 0 Å². The first kappa shape index (κ1) is 27.1. The van der Waals surface area contributed by atoms with Crippen LogP contribution in [0.3, 0.4) is 0 Å². The van der Waals surface area contributed by atoms with Crippen LogP contribution in [-0.2, 0) is 14.2 Å². The minimum atomic E-state index is -3.13. The monoisotopic (exact) mass is 419 g/mol. The van der Waals surface area contributed by atoms with Crippen LogP contribution in [0.25, 0.3) is 0 Å². The van der Waals surface area contributed by atoms with Gasteiger partial charge in [-0.2, -0.15) is 0 Å². The average Bonchev–Trinajstić information content (AvgIpc) is 2.63. The third-order valence-electron chi connectivity index (χ3n) is 4.70. The summed E-state index contributed by atoms with van der Waals surface area (Å²) in [7, 11) is -3.13. The van der Waals surface area contributed by atoms with E-state index in [-0.39, 0.29) is 30.4 Å². The summed E-state index contributed by atoms with van der Waals surface area (Å²) in [6, 6.07) is -0.640. The molecule has 0 aromatic carbocycles. The molecule has 1 saturated carbocycles. The van der Waals surface area contributed by atoms with Gasteiger partial charge in [0.05, 0.1) is 6.54 Å². The highest BCUT2D eigenvalue weighted by atomic mass is 31.2. The van der Waals surface area contributed by atoms with Crippen LogP contribution in [0.1, 0.15) is 72.6 Å². The van der Waals surface area contributed by atoms with Gasteiger partial charge in [0.1, 0.15) is 6.04 Å². The maximum absolute atomic E-state index is 12.3. The fourth-order valence-electron chi connectivity index (χ4n) is 3.28. The van der Waals surface area contributed by atoms with Gasteiger partial charge in [-0.15, -0.1) is 0 Å². The Labute approximate surface area is 171 Å². The van der Waals surface area contributed by atoms with Crippen molar-refractivity contribution < 1.29 is 19.0 Å². The topological polar surface area (TPSA) is 122 Å². The first-order valence-corrected chi connectivity index (χ1v) is 12.8. The molecular weight excluding hydrogens is 377 g/mol. The molecule has 1 aliphatic carbocycles. The number of rotatable bonds is 10. The largest absolute Gasteiger partial charge is 0.354 e. The Morgan fingerprint density at radius 3 is 2.25 bits per heavy atom. The van der Waals surface area contributed by atoms with E-state index < -0.39 is 13.4 Å². The van der Waals surface area contributed by atoms with Crippen molar-refractivity contribution in [3.63, 3.8) is 0 Å². The number of carbonyl (C=O) groups is 2. The van der Waals surface area contributed by atoms with Gasteiger partial charge in [0.2, 0.25) is 19.2 Å². The molecule has 1 aliphatic rings. The SMILES string of the molecule is CC(C)C(NC(=O)CN)C(=O)NCCCP(=O)(O)CC1CCCCC1.CCC. The molecule has 1 fully saturated rings. The number of hydrogen-bond donors (Lipinski definition) is 4. The molecule has 5 N–H and O–H groups in total. The van der Waals surface area contributed by atoms with E-state index in [0.717, 1.165) is 25.7 Å². The minimum Gasteiger partial charge on any atom is -0.354 e. The summed E-state index contributed by atoms with van der Waals surface area (Å²) >= 11 is 0. The van der Waals surface area contributed by atoms with Gasteiger partial charge in [-0.1, -0.05) is 53.4 Å². The summed E-state index contributed by atoms with van der Waals surface area (Å²) in [4.78, 5) is 33.7. The van der Waals surface area contributed by atoms with Crippen LogP contribution in [0, 0.1) is 11.8 Å². The van der Waals surface area contributed by atoms with E-state index in [1.165, 1.54) is 12.8 Å². The summed E-state index contributed by atoms with van der Waals surface area (Å²) in [5.74, 6) is -0.347.